The maximum Gasteiger partial charge on any atom is 0.138 e. The second-order valence-corrected chi connectivity index (χ2v) is 3.37. The van der Waals surface area contributed by atoms with E-state index in [-0.39, 0.29) is 0 Å². The first-order chi connectivity index (χ1) is 6.33. The molecule has 1 aromatic heterocycles. The van der Waals surface area contributed by atoms with Crippen LogP contribution >= 0.6 is 0 Å². The predicted octanol–water partition coefficient (Wildman–Crippen LogP) is 2.71. The van der Waals surface area contributed by atoms with E-state index < -0.39 is 0 Å². The van der Waals surface area contributed by atoms with E-state index in [1.807, 2.05) is 18.3 Å². The molecule has 0 aromatic carbocycles. The molecule has 1 N–H and O–H groups in total. The van der Waals surface area contributed by atoms with Gasteiger partial charge in [0.05, 0.1) is 0 Å². The molecular formula is C11H17NO. The summed E-state index contributed by atoms with van der Waals surface area (Å²) >= 11 is 0. The Kier molecular flexibility index (Phi) is 4.30. The molecule has 2 heteroatoms. The number of ketones is 1. The Morgan fingerprint density at radius 1 is 1.46 bits per heavy atom. The predicted molar refractivity (Wildman–Crippen MR) is 53.6 cm³/mol. The Labute approximate surface area is 79.4 Å². The number of Topliss-reactive ketones (excluding diaryl/α,β-unsaturated/α-hetero) is 1. The normalized spacial score (nSPS) is 10.2. The molecule has 0 amide bonds. The quantitative estimate of drug-likeness (QED) is 0.669. The molecule has 72 valence electrons. The fraction of sp³-hybridized carbons (Fsp3) is 0.545. The number of nitrogens with one attached hydrogen (secondary N) is 1. The van der Waals surface area contributed by atoms with Crippen molar-refractivity contribution < 1.29 is 4.79 Å². The number of hydrogen-bond acceptors (Lipinski definition) is 1. The first-order valence-electron chi connectivity index (χ1n) is 4.97. The Morgan fingerprint density at radius 2 is 2.31 bits per heavy atom. The SMILES string of the molecule is CCCCCC(=O)Cc1ccc[nH]1. The summed E-state index contributed by atoms with van der Waals surface area (Å²) < 4.78 is 0. The lowest BCUT2D eigenvalue weighted by Gasteiger charge is -1.98. The van der Waals surface area contributed by atoms with E-state index in [0.717, 1.165) is 25.0 Å². The van der Waals surface area contributed by atoms with E-state index in [4.69, 9.17) is 0 Å². The van der Waals surface area contributed by atoms with Crippen LogP contribution in [-0.4, -0.2) is 10.8 Å². The van der Waals surface area contributed by atoms with Crippen LogP contribution in [0.15, 0.2) is 18.3 Å². The van der Waals surface area contributed by atoms with Gasteiger partial charge in [-0.25, -0.2) is 0 Å². The van der Waals surface area contributed by atoms with E-state index in [1.54, 1.807) is 0 Å². The molecule has 0 spiro atoms. The van der Waals surface area contributed by atoms with Crippen LogP contribution in [0.25, 0.3) is 0 Å². The van der Waals surface area contributed by atoms with Crippen LogP contribution in [0.3, 0.4) is 0 Å². The molecular weight excluding hydrogens is 162 g/mol. The number of carbonyl (C=O) groups is 1. The monoisotopic (exact) mass is 179 g/mol. The highest BCUT2D eigenvalue weighted by Crippen LogP contribution is 2.04. The highest BCUT2D eigenvalue weighted by molar-refractivity contribution is 5.80. The van der Waals surface area contributed by atoms with Crippen LogP contribution in [0.5, 0.6) is 0 Å². The smallest absolute Gasteiger partial charge is 0.138 e. The molecule has 1 aromatic rings. The van der Waals surface area contributed by atoms with Crippen LogP contribution in [0.2, 0.25) is 0 Å². The zero-order chi connectivity index (χ0) is 9.52. The minimum absolute atomic E-state index is 0.343. The van der Waals surface area contributed by atoms with Crippen molar-refractivity contribution in [2.24, 2.45) is 0 Å². The van der Waals surface area contributed by atoms with Crippen LogP contribution in [0.4, 0.5) is 0 Å². The minimum Gasteiger partial charge on any atom is -0.365 e. The largest absolute Gasteiger partial charge is 0.365 e. The Balaban J connectivity index is 2.18. The summed E-state index contributed by atoms with van der Waals surface area (Å²) in [5, 5.41) is 0. The molecule has 1 heterocycles. The van der Waals surface area contributed by atoms with Crippen LogP contribution in [-0.2, 0) is 11.2 Å². The summed E-state index contributed by atoms with van der Waals surface area (Å²) in [5.74, 6) is 0.343. The lowest BCUT2D eigenvalue weighted by Crippen LogP contribution is -2.02. The van der Waals surface area contributed by atoms with Gasteiger partial charge in [-0.05, 0) is 18.6 Å². The number of unbranched alkanes of at least 4 members (excludes halogenated alkanes) is 2. The number of hydrogen-bond donors (Lipinski definition) is 1. The molecule has 2 nitrogen and oxygen atoms in total. The third kappa shape index (κ3) is 3.92. The molecule has 0 fully saturated rings. The molecule has 13 heavy (non-hydrogen) atoms. The van der Waals surface area contributed by atoms with Crippen molar-refractivity contribution in [2.45, 2.75) is 39.0 Å². The first kappa shape index (κ1) is 10.0. The van der Waals surface area contributed by atoms with Gasteiger partial charge in [0.25, 0.3) is 0 Å². The Hall–Kier alpha value is -1.05. The fourth-order valence-electron chi connectivity index (χ4n) is 1.35. The van der Waals surface area contributed by atoms with Crippen LogP contribution in [0, 0.1) is 0 Å². The second kappa shape index (κ2) is 5.57. The third-order valence-corrected chi connectivity index (χ3v) is 2.11. The molecule has 1 rings (SSSR count). The van der Waals surface area contributed by atoms with Crippen LogP contribution in [0.1, 0.15) is 38.3 Å². The Bertz CT molecular complexity index is 239. The van der Waals surface area contributed by atoms with E-state index in [9.17, 15) is 4.79 Å². The van der Waals surface area contributed by atoms with Gasteiger partial charge in [-0.1, -0.05) is 19.8 Å². The second-order valence-electron chi connectivity index (χ2n) is 3.37. The highest BCUT2D eigenvalue weighted by atomic mass is 16.1. The average Bonchev–Trinajstić information content (AvgIpc) is 2.57. The molecule has 0 aliphatic carbocycles. The van der Waals surface area contributed by atoms with E-state index in [0.29, 0.717) is 12.2 Å². The minimum atomic E-state index is 0.343. The van der Waals surface area contributed by atoms with Gasteiger partial charge in [0.15, 0.2) is 0 Å². The summed E-state index contributed by atoms with van der Waals surface area (Å²) in [7, 11) is 0. The van der Waals surface area contributed by atoms with Gasteiger partial charge < -0.3 is 4.98 Å². The van der Waals surface area contributed by atoms with E-state index in [1.165, 1.54) is 6.42 Å². The van der Waals surface area contributed by atoms with Gasteiger partial charge in [-0.15, -0.1) is 0 Å². The number of carbonyl (C=O) groups excluding carboxylic acids is 1. The molecule has 0 aliphatic heterocycles. The molecule has 0 bridgehead atoms. The summed E-state index contributed by atoms with van der Waals surface area (Å²) in [5.41, 5.74) is 1.03. The fourth-order valence-corrected chi connectivity index (χ4v) is 1.35. The van der Waals surface area contributed by atoms with E-state index >= 15 is 0 Å². The summed E-state index contributed by atoms with van der Waals surface area (Å²) in [6.45, 7) is 2.15. The number of H-pyrrole nitrogens is 1. The van der Waals surface area contributed by atoms with Gasteiger partial charge in [0, 0.05) is 24.7 Å². The third-order valence-electron chi connectivity index (χ3n) is 2.11. The summed E-state index contributed by atoms with van der Waals surface area (Å²) in [6, 6.07) is 3.88. The molecule has 0 saturated carbocycles. The zero-order valence-electron chi connectivity index (χ0n) is 8.18. The lowest BCUT2D eigenvalue weighted by atomic mass is 10.1. The number of rotatable bonds is 6. The van der Waals surface area contributed by atoms with Crippen molar-refractivity contribution in [3.8, 4) is 0 Å². The van der Waals surface area contributed by atoms with Gasteiger partial charge in [0.1, 0.15) is 5.78 Å². The molecule has 0 radical (unpaired) electrons. The van der Waals surface area contributed by atoms with Gasteiger partial charge in [0.2, 0.25) is 0 Å². The summed E-state index contributed by atoms with van der Waals surface area (Å²) in [6.07, 6.45) is 6.53. The zero-order valence-corrected chi connectivity index (χ0v) is 8.18. The molecule has 0 saturated heterocycles. The number of aromatic nitrogens is 1. The van der Waals surface area contributed by atoms with Crippen LogP contribution < -0.4 is 0 Å². The molecule has 0 unspecified atom stereocenters. The Morgan fingerprint density at radius 3 is 2.92 bits per heavy atom. The van der Waals surface area contributed by atoms with Crippen molar-refractivity contribution in [3.05, 3.63) is 24.0 Å². The highest BCUT2D eigenvalue weighted by Gasteiger charge is 2.02. The molecule has 0 atom stereocenters. The lowest BCUT2D eigenvalue weighted by molar-refractivity contribution is -0.118. The van der Waals surface area contributed by atoms with Crippen molar-refractivity contribution in [2.75, 3.05) is 0 Å². The van der Waals surface area contributed by atoms with Gasteiger partial charge in [-0.3, -0.25) is 4.79 Å². The van der Waals surface area contributed by atoms with Crippen molar-refractivity contribution in [1.29, 1.82) is 0 Å². The topological polar surface area (TPSA) is 32.9 Å². The maximum atomic E-state index is 11.4. The standard InChI is InChI=1S/C11H17NO/c1-2-3-4-7-11(13)9-10-6-5-8-12-10/h5-6,8,12H,2-4,7,9H2,1H3. The van der Waals surface area contributed by atoms with E-state index in [2.05, 4.69) is 11.9 Å². The van der Waals surface area contributed by atoms with Crippen molar-refractivity contribution >= 4 is 5.78 Å². The summed E-state index contributed by atoms with van der Waals surface area (Å²) in [4.78, 5) is 14.4. The van der Waals surface area contributed by atoms with Gasteiger partial charge >= 0.3 is 0 Å². The first-order valence-corrected chi connectivity index (χ1v) is 4.97. The average molecular weight is 179 g/mol. The van der Waals surface area contributed by atoms with Crippen molar-refractivity contribution in [3.63, 3.8) is 0 Å². The van der Waals surface area contributed by atoms with Gasteiger partial charge in [-0.2, -0.15) is 0 Å². The molecule has 0 aliphatic rings. The van der Waals surface area contributed by atoms with Crippen molar-refractivity contribution in [1.82, 2.24) is 4.98 Å². The number of aromatic amines is 1. The maximum absolute atomic E-state index is 11.4.